The predicted molar refractivity (Wildman–Crippen MR) is 91.2 cm³/mol. The van der Waals surface area contributed by atoms with E-state index in [1.165, 1.54) is 11.3 Å². The van der Waals surface area contributed by atoms with Gasteiger partial charge in [0, 0.05) is 10.4 Å². The molecule has 1 N–H and O–H groups in total. The number of aryl methyl sites for hydroxylation is 1. The van der Waals surface area contributed by atoms with Crippen LogP contribution in [0.2, 0.25) is 0 Å². The molecule has 1 aromatic carbocycles. The topological polar surface area (TPSA) is 90.5 Å². The Kier molecular flexibility index (Phi) is 4.54. The summed E-state index contributed by atoms with van der Waals surface area (Å²) in [4.78, 5) is 29.0. The number of ketones is 1. The van der Waals surface area contributed by atoms with Gasteiger partial charge in [-0.3, -0.25) is 4.79 Å². The molecule has 0 saturated heterocycles. The van der Waals surface area contributed by atoms with Gasteiger partial charge in [0.05, 0.1) is 12.0 Å². The van der Waals surface area contributed by atoms with Crippen molar-refractivity contribution in [3.63, 3.8) is 0 Å². The Morgan fingerprint density at radius 2 is 2.00 bits per heavy atom. The number of carboxylic acids is 1. The van der Waals surface area contributed by atoms with Crippen LogP contribution >= 0.6 is 11.3 Å². The molecule has 0 spiro atoms. The summed E-state index contributed by atoms with van der Waals surface area (Å²) < 4.78 is 0. The standard InChI is InChI=1S/C18H14N2O3S/c19-10-13-12-7-4-8-16(12)24-17(13)20-14(18(22)23)9-15(21)11-5-2-1-3-6-11/h1-3,5-6H,4,7-9H2,(H,22,23)/b20-14-. The molecule has 24 heavy (non-hydrogen) atoms. The molecular weight excluding hydrogens is 324 g/mol. The number of carboxylic acid groups (broad SMARTS) is 1. The summed E-state index contributed by atoms with van der Waals surface area (Å²) in [5.74, 6) is -1.55. The third kappa shape index (κ3) is 3.12. The van der Waals surface area contributed by atoms with Crippen molar-refractivity contribution in [1.29, 1.82) is 5.26 Å². The Balaban J connectivity index is 1.92. The highest BCUT2D eigenvalue weighted by atomic mass is 32.1. The Morgan fingerprint density at radius 3 is 2.67 bits per heavy atom. The van der Waals surface area contributed by atoms with E-state index in [-0.39, 0.29) is 17.9 Å². The lowest BCUT2D eigenvalue weighted by molar-refractivity contribution is -0.129. The van der Waals surface area contributed by atoms with Gasteiger partial charge in [-0.2, -0.15) is 5.26 Å². The van der Waals surface area contributed by atoms with Gasteiger partial charge in [0.1, 0.15) is 16.8 Å². The number of carbonyl (C=O) groups excluding carboxylic acids is 1. The van der Waals surface area contributed by atoms with Gasteiger partial charge < -0.3 is 5.11 Å². The van der Waals surface area contributed by atoms with Crippen LogP contribution in [0.15, 0.2) is 35.3 Å². The van der Waals surface area contributed by atoms with Crippen molar-refractivity contribution in [1.82, 2.24) is 0 Å². The summed E-state index contributed by atoms with van der Waals surface area (Å²) in [6, 6.07) is 10.6. The maximum absolute atomic E-state index is 12.2. The number of fused-ring (bicyclic) bond motifs is 1. The first-order valence-corrected chi connectivity index (χ1v) is 8.35. The van der Waals surface area contributed by atoms with E-state index >= 15 is 0 Å². The quantitative estimate of drug-likeness (QED) is 0.667. The molecule has 0 saturated carbocycles. The number of benzene rings is 1. The Morgan fingerprint density at radius 1 is 1.25 bits per heavy atom. The number of thiophene rings is 1. The number of nitriles is 1. The van der Waals surface area contributed by atoms with Crippen LogP contribution in [0, 0.1) is 11.3 Å². The van der Waals surface area contributed by atoms with Crippen LogP contribution in [-0.4, -0.2) is 22.6 Å². The van der Waals surface area contributed by atoms with Gasteiger partial charge in [-0.1, -0.05) is 30.3 Å². The summed E-state index contributed by atoms with van der Waals surface area (Å²) in [6.45, 7) is 0. The Bertz CT molecular complexity index is 876. The van der Waals surface area contributed by atoms with Crippen LogP contribution < -0.4 is 0 Å². The zero-order valence-corrected chi connectivity index (χ0v) is 13.6. The van der Waals surface area contributed by atoms with Gasteiger partial charge in [-0.05, 0) is 24.8 Å². The summed E-state index contributed by atoms with van der Waals surface area (Å²) in [7, 11) is 0. The zero-order valence-electron chi connectivity index (χ0n) is 12.8. The first kappa shape index (κ1) is 16.1. The van der Waals surface area contributed by atoms with Gasteiger partial charge in [-0.15, -0.1) is 11.3 Å². The second-order valence-electron chi connectivity index (χ2n) is 5.48. The fourth-order valence-electron chi connectivity index (χ4n) is 2.75. The predicted octanol–water partition coefficient (Wildman–Crippen LogP) is 3.54. The van der Waals surface area contributed by atoms with E-state index in [4.69, 9.17) is 0 Å². The minimum atomic E-state index is -1.24. The minimum Gasteiger partial charge on any atom is -0.477 e. The highest BCUT2D eigenvalue weighted by molar-refractivity contribution is 7.16. The van der Waals surface area contributed by atoms with Crippen molar-refractivity contribution in [2.45, 2.75) is 25.7 Å². The fourth-order valence-corrected chi connectivity index (χ4v) is 3.98. The normalized spacial score (nSPS) is 13.4. The Labute approximate surface area is 142 Å². The van der Waals surface area contributed by atoms with Crippen molar-refractivity contribution in [2.75, 3.05) is 0 Å². The van der Waals surface area contributed by atoms with Crippen molar-refractivity contribution in [2.24, 2.45) is 4.99 Å². The van der Waals surface area contributed by atoms with E-state index in [0.717, 1.165) is 29.7 Å². The molecule has 2 aromatic rings. The van der Waals surface area contributed by atoms with Crippen molar-refractivity contribution < 1.29 is 14.7 Å². The molecular formula is C18H14N2O3S. The molecule has 0 atom stereocenters. The molecule has 0 amide bonds. The summed E-state index contributed by atoms with van der Waals surface area (Å²) >= 11 is 1.36. The van der Waals surface area contributed by atoms with Crippen LogP contribution in [0.25, 0.3) is 0 Å². The Hall–Kier alpha value is -2.78. The van der Waals surface area contributed by atoms with Crippen molar-refractivity contribution in [3.05, 3.63) is 51.9 Å². The van der Waals surface area contributed by atoms with Gasteiger partial charge in [-0.25, -0.2) is 9.79 Å². The number of carbonyl (C=O) groups is 2. The van der Waals surface area contributed by atoms with Gasteiger partial charge in [0.15, 0.2) is 5.78 Å². The molecule has 1 heterocycles. The van der Waals surface area contributed by atoms with E-state index in [2.05, 4.69) is 11.1 Å². The lowest BCUT2D eigenvalue weighted by Gasteiger charge is -2.02. The van der Waals surface area contributed by atoms with E-state index in [1.54, 1.807) is 30.3 Å². The molecule has 1 aliphatic carbocycles. The number of nitrogens with zero attached hydrogens (tertiary/aromatic N) is 2. The number of hydrogen-bond acceptors (Lipinski definition) is 5. The van der Waals surface area contributed by atoms with Crippen LogP contribution in [0.5, 0.6) is 0 Å². The highest BCUT2D eigenvalue weighted by Crippen LogP contribution is 2.40. The zero-order chi connectivity index (χ0) is 17.1. The van der Waals surface area contributed by atoms with E-state index in [9.17, 15) is 20.0 Å². The van der Waals surface area contributed by atoms with Crippen LogP contribution in [-0.2, 0) is 17.6 Å². The first-order valence-electron chi connectivity index (χ1n) is 7.54. The van der Waals surface area contributed by atoms with Crippen molar-refractivity contribution in [3.8, 4) is 6.07 Å². The average molecular weight is 338 g/mol. The maximum Gasteiger partial charge on any atom is 0.350 e. The molecule has 0 fully saturated rings. The molecule has 6 heteroatoms. The number of hydrogen-bond donors (Lipinski definition) is 1. The number of Topliss-reactive ketones (excluding diaryl/α,β-unsaturated/α-hetero) is 1. The van der Waals surface area contributed by atoms with Crippen LogP contribution in [0.4, 0.5) is 5.00 Å². The molecule has 0 bridgehead atoms. The van der Waals surface area contributed by atoms with E-state index in [0.29, 0.717) is 16.1 Å². The third-order valence-electron chi connectivity index (χ3n) is 3.92. The fraction of sp³-hybridized carbons (Fsp3) is 0.222. The molecule has 5 nitrogen and oxygen atoms in total. The molecule has 1 aliphatic rings. The SMILES string of the molecule is N#Cc1c(/N=C(/CC(=O)c2ccccc2)C(=O)O)sc2c1CCC2. The van der Waals surface area contributed by atoms with Gasteiger partial charge in [0.2, 0.25) is 0 Å². The molecule has 3 rings (SSSR count). The van der Waals surface area contributed by atoms with Gasteiger partial charge in [0.25, 0.3) is 0 Å². The maximum atomic E-state index is 12.2. The third-order valence-corrected chi connectivity index (χ3v) is 5.11. The smallest absolute Gasteiger partial charge is 0.350 e. The minimum absolute atomic E-state index is 0.236. The molecule has 1 aromatic heterocycles. The van der Waals surface area contributed by atoms with Gasteiger partial charge >= 0.3 is 5.97 Å². The largest absolute Gasteiger partial charge is 0.477 e. The second-order valence-corrected chi connectivity index (χ2v) is 6.56. The lowest BCUT2D eigenvalue weighted by atomic mass is 10.1. The molecule has 0 unspecified atom stereocenters. The van der Waals surface area contributed by atoms with E-state index < -0.39 is 5.97 Å². The lowest BCUT2D eigenvalue weighted by Crippen LogP contribution is -2.17. The first-order chi connectivity index (χ1) is 11.6. The molecule has 0 radical (unpaired) electrons. The van der Waals surface area contributed by atoms with Crippen LogP contribution in [0.1, 0.15) is 39.2 Å². The number of aliphatic imine (C=N–C) groups is 1. The monoisotopic (exact) mass is 338 g/mol. The summed E-state index contributed by atoms with van der Waals surface area (Å²) in [5, 5.41) is 19.1. The van der Waals surface area contributed by atoms with Crippen LogP contribution in [0.3, 0.4) is 0 Å². The molecule has 120 valence electrons. The van der Waals surface area contributed by atoms with Crippen molar-refractivity contribution >= 4 is 33.8 Å². The summed E-state index contributed by atoms with van der Waals surface area (Å²) in [5.41, 5.74) is 1.65. The summed E-state index contributed by atoms with van der Waals surface area (Å²) in [6.07, 6.45) is 2.44. The second kappa shape index (κ2) is 6.77. The molecule has 0 aliphatic heterocycles. The van der Waals surface area contributed by atoms with E-state index in [1.807, 2.05) is 0 Å². The number of aliphatic carboxylic acids is 1. The number of rotatable bonds is 5. The average Bonchev–Trinajstić information content (AvgIpc) is 3.15. The highest BCUT2D eigenvalue weighted by Gasteiger charge is 2.24.